The van der Waals surface area contributed by atoms with E-state index in [4.69, 9.17) is 0 Å². The van der Waals surface area contributed by atoms with E-state index in [1.165, 1.54) is 4.68 Å². The van der Waals surface area contributed by atoms with E-state index in [2.05, 4.69) is 17.1 Å². The van der Waals surface area contributed by atoms with Crippen molar-refractivity contribution in [3.63, 3.8) is 0 Å². The fraction of sp³-hybridized carbons (Fsp3) is 0.250. The highest BCUT2D eigenvalue weighted by Gasteiger charge is 1.79. The Labute approximate surface area is 42.3 Å². The van der Waals surface area contributed by atoms with Gasteiger partial charge in [0.25, 0.3) is 0 Å². The number of aliphatic imine (C=N–C) groups is 1. The SMILES string of the molecule is C=[N+]1[CH-]N=C(C)[N-]1. The Bertz CT molecular complexity index is 125. The van der Waals surface area contributed by atoms with Crippen LogP contribution in [0.1, 0.15) is 6.92 Å². The second-order valence-electron chi connectivity index (χ2n) is 1.33. The summed E-state index contributed by atoms with van der Waals surface area (Å²) in [5.74, 6) is 0.759. The van der Waals surface area contributed by atoms with Crippen molar-refractivity contribution in [3.8, 4) is 0 Å². The summed E-state index contributed by atoms with van der Waals surface area (Å²) < 4.78 is 1.43. The summed E-state index contributed by atoms with van der Waals surface area (Å²) >= 11 is 0. The molecule has 38 valence electrons. The summed E-state index contributed by atoms with van der Waals surface area (Å²) in [4.78, 5) is 3.81. The molecule has 0 aliphatic carbocycles. The first-order chi connectivity index (χ1) is 3.29. The van der Waals surface area contributed by atoms with E-state index in [0.29, 0.717) is 0 Å². The molecule has 0 atom stereocenters. The number of amidine groups is 1. The van der Waals surface area contributed by atoms with Crippen LogP contribution in [0.5, 0.6) is 0 Å². The van der Waals surface area contributed by atoms with Crippen LogP contribution >= 0.6 is 0 Å². The molecule has 0 N–H and O–H groups in total. The molecule has 0 fully saturated rings. The van der Waals surface area contributed by atoms with Gasteiger partial charge < -0.3 is 15.1 Å². The number of rotatable bonds is 0. The lowest BCUT2D eigenvalue weighted by Crippen LogP contribution is -1.91. The van der Waals surface area contributed by atoms with Crippen molar-refractivity contribution in [2.24, 2.45) is 4.99 Å². The smallest absolute Gasteiger partial charge is 0.0293 e. The van der Waals surface area contributed by atoms with Gasteiger partial charge in [-0.25, -0.2) is 0 Å². The zero-order chi connectivity index (χ0) is 5.28. The molecule has 0 bridgehead atoms. The molecule has 1 aliphatic heterocycles. The Hall–Kier alpha value is -0.990. The average Bonchev–Trinajstić information content (AvgIpc) is 1.87. The molecule has 3 nitrogen and oxygen atoms in total. The van der Waals surface area contributed by atoms with E-state index >= 15 is 0 Å². The first-order valence-corrected chi connectivity index (χ1v) is 1.98. The molecule has 0 saturated heterocycles. The van der Waals surface area contributed by atoms with Crippen molar-refractivity contribution in [3.05, 3.63) is 12.1 Å². The van der Waals surface area contributed by atoms with Gasteiger partial charge in [-0.05, 0) is 13.4 Å². The first kappa shape index (κ1) is 4.18. The van der Waals surface area contributed by atoms with Gasteiger partial charge >= 0.3 is 0 Å². The Morgan fingerprint density at radius 3 is 2.86 bits per heavy atom. The van der Waals surface area contributed by atoms with E-state index in [9.17, 15) is 0 Å². The van der Waals surface area contributed by atoms with Crippen LogP contribution < -0.4 is 0 Å². The van der Waals surface area contributed by atoms with Crippen LogP contribution in [0, 0.1) is 6.67 Å². The maximum absolute atomic E-state index is 3.81. The molecule has 0 saturated carbocycles. The van der Waals surface area contributed by atoms with E-state index in [1.807, 2.05) is 6.92 Å². The number of hydrogen-bond acceptors (Lipinski definition) is 1. The summed E-state index contributed by atoms with van der Waals surface area (Å²) in [6.07, 6.45) is 0. The standard InChI is InChI=1S/C4H6N3/c1-4-5-3-7(2)6-4/h3H,2H2,1H3/q-1. The highest BCUT2D eigenvalue weighted by molar-refractivity contribution is 5.91. The molecule has 0 spiro atoms. The van der Waals surface area contributed by atoms with E-state index in [1.54, 1.807) is 6.67 Å². The molecule has 0 radical (unpaired) electrons. The molecule has 0 aromatic carbocycles. The van der Waals surface area contributed by atoms with Crippen molar-refractivity contribution in [2.45, 2.75) is 6.92 Å². The third kappa shape index (κ3) is 0.707. The molecular formula is C4H6N3-. The maximum Gasteiger partial charge on any atom is -0.0293 e. The molecule has 0 aromatic heterocycles. The second-order valence-corrected chi connectivity index (χ2v) is 1.33. The van der Waals surface area contributed by atoms with E-state index in [0.717, 1.165) is 5.84 Å². The Balaban J connectivity index is 2.58. The lowest BCUT2D eigenvalue weighted by atomic mass is 10.7. The molecule has 1 heterocycles. The van der Waals surface area contributed by atoms with Gasteiger partial charge in [-0.2, -0.15) is 5.84 Å². The van der Waals surface area contributed by atoms with Crippen LogP contribution in [0.25, 0.3) is 5.43 Å². The Morgan fingerprint density at radius 2 is 2.71 bits per heavy atom. The van der Waals surface area contributed by atoms with Gasteiger partial charge in [0.05, 0.1) is 0 Å². The largest absolute Gasteiger partial charge is 0.533 e. The molecular weight excluding hydrogens is 90.1 g/mol. The van der Waals surface area contributed by atoms with Crippen molar-refractivity contribution < 1.29 is 4.68 Å². The number of nitrogens with zero attached hydrogens (tertiary/aromatic N) is 3. The summed E-state index contributed by atoms with van der Waals surface area (Å²) in [6.45, 7) is 6.87. The fourth-order valence-corrected chi connectivity index (χ4v) is 0.388. The van der Waals surface area contributed by atoms with Crippen molar-refractivity contribution in [2.75, 3.05) is 0 Å². The topological polar surface area (TPSA) is 29.5 Å². The van der Waals surface area contributed by atoms with Crippen molar-refractivity contribution in [1.82, 2.24) is 0 Å². The van der Waals surface area contributed by atoms with Crippen LogP contribution in [0.15, 0.2) is 4.99 Å². The van der Waals surface area contributed by atoms with Crippen LogP contribution in [0.4, 0.5) is 0 Å². The zero-order valence-corrected chi connectivity index (χ0v) is 4.13. The first-order valence-electron chi connectivity index (χ1n) is 1.98. The van der Waals surface area contributed by atoms with E-state index < -0.39 is 0 Å². The maximum atomic E-state index is 3.81. The predicted octanol–water partition coefficient (Wildman–Crippen LogP) is 0.539. The molecule has 3 heteroatoms. The molecule has 1 aliphatic rings. The van der Waals surface area contributed by atoms with Gasteiger partial charge in [-0.15, -0.1) is 0 Å². The molecule has 1 rings (SSSR count). The lowest BCUT2D eigenvalue weighted by Gasteiger charge is -2.08. The Morgan fingerprint density at radius 1 is 2.00 bits per heavy atom. The number of hydrogen-bond donors (Lipinski definition) is 0. The van der Waals surface area contributed by atoms with Crippen LogP contribution in [0.3, 0.4) is 0 Å². The summed E-state index contributed by atoms with van der Waals surface area (Å²) in [5.41, 5.74) is 3.81. The monoisotopic (exact) mass is 96.1 g/mol. The normalized spacial score (nSPS) is 17.9. The third-order valence-corrected chi connectivity index (χ3v) is 0.651. The summed E-state index contributed by atoms with van der Waals surface area (Å²) in [5, 5.41) is 0. The quantitative estimate of drug-likeness (QED) is 0.311. The van der Waals surface area contributed by atoms with Crippen LogP contribution in [-0.4, -0.2) is 17.2 Å². The van der Waals surface area contributed by atoms with Crippen molar-refractivity contribution in [1.29, 1.82) is 0 Å². The van der Waals surface area contributed by atoms with Gasteiger partial charge in [0, 0.05) is 0 Å². The molecule has 0 amide bonds. The van der Waals surface area contributed by atoms with Gasteiger partial charge in [-0.1, -0.05) is 6.92 Å². The highest BCUT2D eigenvalue weighted by atomic mass is 15.5. The summed E-state index contributed by atoms with van der Waals surface area (Å²) in [7, 11) is 0. The minimum atomic E-state index is 0.759. The zero-order valence-electron chi connectivity index (χ0n) is 4.13. The molecule has 0 aromatic rings. The fourth-order valence-electron chi connectivity index (χ4n) is 0.388. The summed E-state index contributed by atoms with van der Waals surface area (Å²) in [6, 6.07) is 0. The average molecular weight is 96.1 g/mol. The van der Waals surface area contributed by atoms with Gasteiger partial charge in [0.2, 0.25) is 0 Å². The Kier molecular flexibility index (Phi) is 0.749. The molecule has 0 unspecified atom stereocenters. The second kappa shape index (κ2) is 1.26. The van der Waals surface area contributed by atoms with Gasteiger partial charge in [0.15, 0.2) is 0 Å². The lowest BCUT2D eigenvalue weighted by molar-refractivity contribution is -0.408. The van der Waals surface area contributed by atoms with Gasteiger partial charge in [0.1, 0.15) is 0 Å². The van der Waals surface area contributed by atoms with Crippen LogP contribution in [-0.2, 0) is 0 Å². The third-order valence-electron chi connectivity index (χ3n) is 0.651. The minimum Gasteiger partial charge on any atom is -0.533 e. The molecule has 7 heavy (non-hydrogen) atoms. The predicted molar refractivity (Wildman–Crippen MR) is 28.1 cm³/mol. The van der Waals surface area contributed by atoms with Crippen molar-refractivity contribution >= 4 is 12.6 Å². The van der Waals surface area contributed by atoms with Gasteiger partial charge in [-0.3, -0.25) is 0 Å². The van der Waals surface area contributed by atoms with E-state index in [-0.39, 0.29) is 0 Å². The highest BCUT2D eigenvalue weighted by Crippen LogP contribution is 2.03. The minimum absolute atomic E-state index is 0.759. The van der Waals surface area contributed by atoms with Crippen LogP contribution in [0.2, 0.25) is 0 Å².